The molecule has 3 aromatic carbocycles. The van der Waals surface area contributed by atoms with Crippen LogP contribution in [0.25, 0.3) is 0 Å². The molecule has 0 unspecified atom stereocenters. The Morgan fingerprint density at radius 1 is 0.806 bits per heavy atom. The molecular formula is C31H38N2O2S. The Morgan fingerprint density at radius 2 is 1.39 bits per heavy atom. The number of benzene rings is 3. The molecule has 0 fully saturated rings. The van der Waals surface area contributed by atoms with Crippen LogP contribution in [-0.2, 0) is 28.3 Å². The van der Waals surface area contributed by atoms with Gasteiger partial charge in [-0.3, -0.25) is 9.59 Å². The van der Waals surface area contributed by atoms with Crippen LogP contribution in [0.3, 0.4) is 0 Å². The van der Waals surface area contributed by atoms with Gasteiger partial charge in [0.1, 0.15) is 6.04 Å². The van der Waals surface area contributed by atoms with Gasteiger partial charge in [-0.25, -0.2) is 0 Å². The molecule has 5 heteroatoms. The first-order chi connectivity index (χ1) is 17.3. The van der Waals surface area contributed by atoms with Crippen LogP contribution in [0.1, 0.15) is 41.7 Å². The highest BCUT2D eigenvalue weighted by Crippen LogP contribution is 2.19. The quantitative estimate of drug-likeness (QED) is 0.333. The van der Waals surface area contributed by atoms with Crippen molar-refractivity contribution >= 4 is 23.6 Å². The van der Waals surface area contributed by atoms with Gasteiger partial charge in [-0.1, -0.05) is 104 Å². The molecule has 0 radical (unpaired) electrons. The Labute approximate surface area is 220 Å². The molecule has 1 atom stereocenters. The summed E-state index contributed by atoms with van der Waals surface area (Å²) in [6, 6.07) is 26.0. The van der Waals surface area contributed by atoms with E-state index in [1.165, 1.54) is 16.7 Å². The van der Waals surface area contributed by atoms with E-state index in [0.717, 1.165) is 16.9 Å². The minimum absolute atomic E-state index is 0.0201. The molecule has 1 N–H and O–H groups in total. The molecule has 0 saturated heterocycles. The van der Waals surface area contributed by atoms with Crippen LogP contribution >= 0.6 is 11.8 Å². The Morgan fingerprint density at radius 3 is 1.97 bits per heavy atom. The van der Waals surface area contributed by atoms with Crippen LogP contribution in [0.4, 0.5) is 0 Å². The van der Waals surface area contributed by atoms with E-state index >= 15 is 0 Å². The van der Waals surface area contributed by atoms with Crippen molar-refractivity contribution in [1.29, 1.82) is 0 Å². The number of nitrogens with one attached hydrogen (secondary N) is 1. The fourth-order valence-corrected chi connectivity index (χ4v) is 4.76. The van der Waals surface area contributed by atoms with Crippen molar-refractivity contribution in [2.75, 3.05) is 12.3 Å². The second-order valence-corrected chi connectivity index (χ2v) is 10.8. The molecule has 3 aromatic rings. The molecule has 0 aliphatic rings. The molecule has 0 heterocycles. The zero-order valence-electron chi connectivity index (χ0n) is 21.9. The van der Waals surface area contributed by atoms with Gasteiger partial charge in [0.25, 0.3) is 0 Å². The molecule has 3 rings (SSSR count). The molecule has 0 aliphatic carbocycles. The molecule has 2 amide bonds. The van der Waals surface area contributed by atoms with Crippen LogP contribution in [-0.4, -0.2) is 35.1 Å². The first-order valence-electron chi connectivity index (χ1n) is 12.6. The van der Waals surface area contributed by atoms with Gasteiger partial charge in [0.15, 0.2) is 0 Å². The molecule has 0 bridgehead atoms. The predicted octanol–water partition coefficient (Wildman–Crippen LogP) is 5.95. The lowest BCUT2D eigenvalue weighted by Gasteiger charge is -2.32. The number of hydrogen-bond donors (Lipinski definition) is 1. The van der Waals surface area contributed by atoms with Crippen molar-refractivity contribution in [3.05, 3.63) is 107 Å². The van der Waals surface area contributed by atoms with Crippen molar-refractivity contribution in [3.63, 3.8) is 0 Å². The molecular weight excluding hydrogens is 464 g/mol. The summed E-state index contributed by atoms with van der Waals surface area (Å²) in [6.07, 6.45) is 0.477. The number of thioether (sulfide) groups is 1. The highest BCUT2D eigenvalue weighted by molar-refractivity contribution is 7.99. The number of carbonyl (C=O) groups excluding carboxylic acids is 2. The van der Waals surface area contributed by atoms with Crippen molar-refractivity contribution in [2.24, 2.45) is 5.92 Å². The van der Waals surface area contributed by atoms with E-state index in [0.29, 0.717) is 31.2 Å². The van der Waals surface area contributed by atoms with Gasteiger partial charge in [0.05, 0.1) is 5.75 Å². The fraction of sp³-hybridized carbons (Fsp3) is 0.355. The van der Waals surface area contributed by atoms with Gasteiger partial charge >= 0.3 is 0 Å². The minimum atomic E-state index is -0.583. The van der Waals surface area contributed by atoms with Crippen molar-refractivity contribution in [3.8, 4) is 0 Å². The summed E-state index contributed by atoms with van der Waals surface area (Å²) >= 11 is 1.59. The number of nitrogens with zero attached hydrogens (tertiary/aromatic N) is 1. The third-order valence-electron chi connectivity index (χ3n) is 6.04. The van der Waals surface area contributed by atoms with E-state index in [4.69, 9.17) is 0 Å². The summed E-state index contributed by atoms with van der Waals surface area (Å²) in [5, 5.41) is 3.08. The maximum Gasteiger partial charge on any atom is 0.243 e. The Balaban J connectivity index is 1.82. The van der Waals surface area contributed by atoms with E-state index in [9.17, 15) is 9.59 Å². The largest absolute Gasteiger partial charge is 0.354 e. The van der Waals surface area contributed by atoms with Crippen LogP contribution in [0.5, 0.6) is 0 Å². The average Bonchev–Trinajstić information content (AvgIpc) is 2.87. The standard InChI is InChI=1S/C31H38N2O2S/c1-23(2)19-32-31(35)29(18-26-8-6-5-7-9-26)33(20-27-14-10-24(3)11-15-27)30(34)22-36-21-28-16-12-25(4)13-17-28/h5-17,23,29H,18-22H2,1-4H3,(H,32,35)/t29-/m1/s1. The Kier molecular flexibility index (Phi) is 10.6. The van der Waals surface area contributed by atoms with Gasteiger partial charge in [0, 0.05) is 25.3 Å². The Bertz CT molecular complexity index is 1100. The Hall–Kier alpha value is -3.05. The smallest absolute Gasteiger partial charge is 0.243 e. The highest BCUT2D eigenvalue weighted by atomic mass is 32.2. The summed E-state index contributed by atoms with van der Waals surface area (Å²) in [7, 11) is 0. The number of amides is 2. The summed E-state index contributed by atoms with van der Waals surface area (Å²) < 4.78 is 0. The lowest BCUT2D eigenvalue weighted by molar-refractivity contribution is -0.139. The monoisotopic (exact) mass is 502 g/mol. The number of carbonyl (C=O) groups is 2. The molecule has 0 spiro atoms. The van der Waals surface area contributed by atoms with Crippen molar-refractivity contribution in [2.45, 2.75) is 52.5 Å². The summed E-state index contributed by atoms with van der Waals surface area (Å²) in [5.74, 6) is 1.29. The lowest BCUT2D eigenvalue weighted by atomic mass is 10.0. The lowest BCUT2D eigenvalue weighted by Crippen LogP contribution is -2.51. The van der Waals surface area contributed by atoms with Gasteiger partial charge < -0.3 is 10.2 Å². The normalized spacial score (nSPS) is 11.8. The minimum Gasteiger partial charge on any atom is -0.354 e. The summed E-state index contributed by atoms with van der Waals surface area (Å²) in [6.45, 7) is 9.25. The molecule has 36 heavy (non-hydrogen) atoms. The van der Waals surface area contributed by atoms with Crippen LogP contribution in [0.2, 0.25) is 0 Å². The zero-order valence-corrected chi connectivity index (χ0v) is 22.7. The first kappa shape index (κ1) is 27.5. The first-order valence-corrected chi connectivity index (χ1v) is 13.8. The number of aryl methyl sites for hydroxylation is 2. The predicted molar refractivity (Wildman–Crippen MR) is 151 cm³/mol. The van der Waals surface area contributed by atoms with Gasteiger partial charge in [-0.05, 0) is 36.5 Å². The number of rotatable bonds is 12. The maximum absolute atomic E-state index is 13.7. The van der Waals surface area contributed by atoms with Crippen LogP contribution < -0.4 is 5.32 Å². The number of hydrogen-bond acceptors (Lipinski definition) is 3. The fourth-order valence-electron chi connectivity index (χ4n) is 3.89. The van der Waals surface area contributed by atoms with Crippen LogP contribution in [0, 0.1) is 19.8 Å². The molecule has 0 aromatic heterocycles. The van der Waals surface area contributed by atoms with Gasteiger partial charge in [-0.2, -0.15) is 0 Å². The topological polar surface area (TPSA) is 49.4 Å². The third kappa shape index (κ3) is 8.87. The average molecular weight is 503 g/mol. The molecule has 0 saturated carbocycles. The second-order valence-electron chi connectivity index (χ2n) is 9.83. The second kappa shape index (κ2) is 13.9. The molecule has 4 nitrogen and oxygen atoms in total. The molecule has 190 valence electrons. The zero-order chi connectivity index (χ0) is 25.9. The van der Waals surface area contributed by atoms with E-state index < -0.39 is 6.04 Å². The van der Waals surface area contributed by atoms with E-state index in [1.54, 1.807) is 16.7 Å². The van der Waals surface area contributed by atoms with E-state index in [-0.39, 0.29) is 11.8 Å². The summed E-state index contributed by atoms with van der Waals surface area (Å²) in [4.78, 5) is 28.9. The van der Waals surface area contributed by atoms with Gasteiger partial charge in [-0.15, -0.1) is 11.8 Å². The van der Waals surface area contributed by atoms with Crippen molar-refractivity contribution in [1.82, 2.24) is 10.2 Å². The maximum atomic E-state index is 13.7. The third-order valence-corrected chi connectivity index (χ3v) is 7.03. The van der Waals surface area contributed by atoms with E-state index in [2.05, 4.69) is 62.5 Å². The summed E-state index contributed by atoms with van der Waals surface area (Å²) in [5.41, 5.74) is 5.64. The molecule has 0 aliphatic heterocycles. The van der Waals surface area contributed by atoms with Gasteiger partial charge in [0.2, 0.25) is 11.8 Å². The van der Waals surface area contributed by atoms with Crippen LogP contribution in [0.15, 0.2) is 78.9 Å². The SMILES string of the molecule is Cc1ccc(CSCC(=O)N(Cc2ccc(C)cc2)[C@H](Cc2ccccc2)C(=O)NCC(C)C)cc1. The van der Waals surface area contributed by atoms with E-state index in [1.807, 2.05) is 49.4 Å². The highest BCUT2D eigenvalue weighted by Gasteiger charge is 2.30. The van der Waals surface area contributed by atoms with Crippen molar-refractivity contribution < 1.29 is 9.59 Å².